The van der Waals surface area contributed by atoms with Crippen molar-refractivity contribution in [1.29, 1.82) is 0 Å². The Kier molecular flexibility index (Phi) is 5.11. The predicted molar refractivity (Wildman–Crippen MR) is 85.9 cm³/mol. The third kappa shape index (κ3) is 3.80. The molecule has 0 saturated carbocycles. The van der Waals surface area contributed by atoms with E-state index in [1.165, 1.54) is 0 Å². The Morgan fingerprint density at radius 2 is 1.86 bits per heavy atom. The summed E-state index contributed by atoms with van der Waals surface area (Å²) in [6.07, 6.45) is 0. The Morgan fingerprint density at radius 3 is 2.36 bits per heavy atom. The maximum Gasteiger partial charge on any atom is 0.253 e. The first-order valence-corrected chi connectivity index (χ1v) is 9.28. The molecule has 0 N–H and O–H groups in total. The number of carbonyl (C=O) groups excluding carboxylic acids is 1. The number of benzene rings is 1. The summed E-state index contributed by atoms with van der Waals surface area (Å²) in [7, 11) is -3.10. The molecule has 1 heterocycles. The maximum atomic E-state index is 12.3. The monoisotopic (exact) mass is 325 g/mol. The summed E-state index contributed by atoms with van der Waals surface area (Å²) in [6, 6.07) is 6.93. The number of ether oxygens (including phenoxy) is 1. The molecule has 122 valence electrons. The highest BCUT2D eigenvalue weighted by Gasteiger charge is 2.39. The van der Waals surface area contributed by atoms with Gasteiger partial charge in [0, 0.05) is 18.7 Å². The van der Waals surface area contributed by atoms with Gasteiger partial charge in [0.2, 0.25) is 0 Å². The fourth-order valence-electron chi connectivity index (χ4n) is 2.47. The van der Waals surface area contributed by atoms with Crippen LogP contribution in [0.1, 0.15) is 31.1 Å². The first-order chi connectivity index (χ1) is 10.3. The lowest BCUT2D eigenvalue weighted by Gasteiger charge is -2.39. The summed E-state index contributed by atoms with van der Waals surface area (Å²) >= 11 is 0. The highest BCUT2D eigenvalue weighted by molar-refractivity contribution is 7.92. The predicted octanol–water partition coefficient (Wildman–Crippen LogP) is 1.98. The van der Waals surface area contributed by atoms with Gasteiger partial charge in [0.25, 0.3) is 5.91 Å². The maximum absolute atomic E-state index is 12.3. The molecule has 2 rings (SSSR count). The number of nitrogens with zero attached hydrogens (tertiary/aromatic N) is 1. The second kappa shape index (κ2) is 6.69. The van der Waals surface area contributed by atoms with Crippen molar-refractivity contribution in [3.63, 3.8) is 0 Å². The Balaban J connectivity index is 1.94. The molecular weight excluding hydrogens is 302 g/mol. The van der Waals surface area contributed by atoms with Crippen molar-refractivity contribution in [2.24, 2.45) is 5.92 Å². The van der Waals surface area contributed by atoms with Gasteiger partial charge in [-0.15, -0.1) is 0 Å². The molecule has 1 fully saturated rings. The molecule has 0 aliphatic carbocycles. The van der Waals surface area contributed by atoms with Gasteiger partial charge < -0.3 is 9.64 Å². The molecule has 1 aliphatic heterocycles. The van der Waals surface area contributed by atoms with Gasteiger partial charge in [0.1, 0.15) is 5.75 Å². The first kappa shape index (κ1) is 16.8. The van der Waals surface area contributed by atoms with Crippen LogP contribution in [-0.4, -0.2) is 49.9 Å². The molecule has 0 spiro atoms. The summed E-state index contributed by atoms with van der Waals surface area (Å²) in [5.74, 6) is 0.892. The minimum Gasteiger partial charge on any atom is -0.494 e. The summed E-state index contributed by atoms with van der Waals surface area (Å²) in [5.41, 5.74) is 0.558. The fraction of sp³-hybridized carbons (Fsp3) is 0.562. The van der Waals surface area contributed by atoms with Gasteiger partial charge in [-0.05, 0) is 37.1 Å². The standard InChI is InChI=1S/C16H23NO4S/c1-4-21-14-7-5-13(6-8-14)16(18)17-9-15(10-17)22(19,20)11-12(2)3/h5-8,12,15H,4,9-11H2,1-3H3. The van der Waals surface area contributed by atoms with Gasteiger partial charge in [0.05, 0.1) is 17.6 Å². The van der Waals surface area contributed by atoms with Crippen molar-refractivity contribution in [3.8, 4) is 5.75 Å². The van der Waals surface area contributed by atoms with Gasteiger partial charge in [0.15, 0.2) is 9.84 Å². The van der Waals surface area contributed by atoms with E-state index in [0.717, 1.165) is 5.75 Å². The van der Waals surface area contributed by atoms with Crippen molar-refractivity contribution in [2.75, 3.05) is 25.4 Å². The number of amides is 1. The number of rotatable bonds is 6. The number of sulfone groups is 1. The van der Waals surface area contributed by atoms with E-state index in [-0.39, 0.29) is 17.6 Å². The van der Waals surface area contributed by atoms with Crippen molar-refractivity contribution in [1.82, 2.24) is 4.90 Å². The van der Waals surface area contributed by atoms with E-state index >= 15 is 0 Å². The molecule has 1 aromatic carbocycles. The molecular formula is C16H23NO4S. The summed E-state index contributed by atoms with van der Waals surface area (Å²) in [6.45, 7) is 6.84. The highest BCUT2D eigenvalue weighted by Crippen LogP contribution is 2.22. The van der Waals surface area contributed by atoms with Gasteiger partial charge in [-0.25, -0.2) is 8.42 Å². The molecule has 1 aliphatic rings. The Bertz CT molecular complexity index is 616. The number of hydrogen-bond acceptors (Lipinski definition) is 4. The number of carbonyl (C=O) groups is 1. The van der Waals surface area contributed by atoms with E-state index in [4.69, 9.17) is 4.74 Å². The zero-order valence-electron chi connectivity index (χ0n) is 13.3. The van der Waals surface area contributed by atoms with E-state index in [9.17, 15) is 13.2 Å². The average Bonchev–Trinajstić information content (AvgIpc) is 2.36. The second-order valence-corrected chi connectivity index (χ2v) is 8.34. The largest absolute Gasteiger partial charge is 0.494 e. The van der Waals surface area contributed by atoms with Crippen molar-refractivity contribution >= 4 is 15.7 Å². The molecule has 0 atom stereocenters. The lowest BCUT2D eigenvalue weighted by molar-refractivity contribution is 0.0659. The third-order valence-electron chi connectivity index (χ3n) is 3.62. The molecule has 5 nitrogen and oxygen atoms in total. The van der Waals surface area contributed by atoms with E-state index in [1.54, 1.807) is 29.2 Å². The minimum absolute atomic E-state index is 0.112. The minimum atomic E-state index is -3.10. The normalized spacial score (nSPS) is 15.7. The van der Waals surface area contributed by atoms with E-state index in [0.29, 0.717) is 25.3 Å². The molecule has 0 unspecified atom stereocenters. The van der Waals surface area contributed by atoms with E-state index in [1.807, 2.05) is 20.8 Å². The second-order valence-electron chi connectivity index (χ2n) is 6.01. The Hall–Kier alpha value is -1.56. The topological polar surface area (TPSA) is 63.7 Å². The smallest absolute Gasteiger partial charge is 0.253 e. The summed E-state index contributed by atoms with van der Waals surface area (Å²) in [5, 5.41) is -0.415. The van der Waals surface area contributed by atoms with Crippen LogP contribution in [0, 0.1) is 5.92 Å². The van der Waals surface area contributed by atoms with E-state index < -0.39 is 15.1 Å². The van der Waals surface area contributed by atoms with Crippen LogP contribution in [0.15, 0.2) is 24.3 Å². The molecule has 1 aromatic rings. The third-order valence-corrected chi connectivity index (χ3v) is 6.07. The van der Waals surface area contributed by atoms with Crippen LogP contribution in [0.4, 0.5) is 0 Å². The lowest BCUT2D eigenvalue weighted by atomic mass is 10.1. The molecule has 22 heavy (non-hydrogen) atoms. The van der Waals surface area contributed by atoms with Gasteiger partial charge >= 0.3 is 0 Å². The van der Waals surface area contributed by atoms with Crippen LogP contribution < -0.4 is 4.74 Å². The van der Waals surface area contributed by atoms with Gasteiger partial charge in [-0.2, -0.15) is 0 Å². The molecule has 1 amide bonds. The van der Waals surface area contributed by atoms with Gasteiger partial charge in [-0.3, -0.25) is 4.79 Å². The zero-order valence-corrected chi connectivity index (χ0v) is 14.1. The van der Waals surface area contributed by atoms with E-state index in [2.05, 4.69) is 0 Å². The molecule has 1 saturated heterocycles. The van der Waals surface area contributed by atoms with Crippen LogP contribution in [0.25, 0.3) is 0 Å². The molecule has 6 heteroatoms. The van der Waals surface area contributed by atoms with Crippen LogP contribution >= 0.6 is 0 Å². The van der Waals surface area contributed by atoms with Gasteiger partial charge in [-0.1, -0.05) is 13.8 Å². The summed E-state index contributed by atoms with van der Waals surface area (Å²) in [4.78, 5) is 13.9. The Morgan fingerprint density at radius 1 is 1.27 bits per heavy atom. The first-order valence-electron chi connectivity index (χ1n) is 7.57. The van der Waals surface area contributed by atoms with Crippen molar-refractivity contribution in [3.05, 3.63) is 29.8 Å². The average molecular weight is 325 g/mol. The zero-order chi connectivity index (χ0) is 16.3. The molecule has 0 bridgehead atoms. The van der Waals surface area contributed by atoms with Crippen LogP contribution in [0.5, 0.6) is 5.75 Å². The van der Waals surface area contributed by atoms with Crippen LogP contribution in [-0.2, 0) is 9.84 Å². The quantitative estimate of drug-likeness (QED) is 0.802. The molecule has 0 radical (unpaired) electrons. The number of hydrogen-bond donors (Lipinski definition) is 0. The lowest BCUT2D eigenvalue weighted by Crippen LogP contribution is -2.57. The van der Waals surface area contributed by atoms with Crippen molar-refractivity contribution in [2.45, 2.75) is 26.0 Å². The number of likely N-dealkylation sites (tertiary alicyclic amines) is 1. The fourth-order valence-corrected chi connectivity index (χ4v) is 4.49. The van der Waals surface area contributed by atoms with Crippen LogP contribution in [0.3, 0.4) is 0 Å². The SMILES string of the molecule is CCOc1ccc(C(=O)N2CC(S(=O)(=O)CC(C)C)C2)cc1. The van der Waals surface area contributed by atoms with Crippen LogP contribution in [0.2, 0.25) is 0 Å². The van der Waals surface area contributed by atoms with Crippen molar-refractivity contribution < 1.29 is 17.9 Å². The Labute approximate surface area is 132 Å². The molecule has 0 aromatic heterocycles. The summed E-state index contributed by atoms with van der Waals surface area (Å²) < 4.78 is 29.5. The highest BCUT2D eigenvalue weighted by atomic mass is 32.2.